The molecule has 1 aromatic rings. The molecule has 0 aliphatic heterocycles. The lowest BCUT2D eigenvalue weighted by Crippen LogP contribution is -2.08. The van der Waals surface area contributed by atoms with E-state index in [2.05, 4.69) is 4.98 Å². The third-order valence-electron chi connectivity index (χ3n) is 0.893. The van der Waals surface area contributed by atoms with Gasteiger partial charge in [0.1, 0.15) is 4.88 Å². The lowest BCUT2D eigenvalue weighted by atomic mass is 10.5. The number of nitrogens with zero attached hydrogens (tertiary/aromatic N) is 2. The highest BCUT2D eigenvalue weighted by Crippen LogP contribution is 2.18. The van der Waals surface area contributed by atoms with Crippen LogP contribution in [0.3, 0.4) is 0 Å². The van der Waals surface area contributed by atoms with E-state index in [1.807, 2.05) is 0 Å². The standard InChI is InChI=1S/C4H3N3O3S/c5-3(8)2-1-6-4(11-2)7(9)10/h1H,(H2,5,8). The van der Waals surface area contributed by atoms with Crippen molar-refractivity contribution in [2.75, 3.05) is 0 Å². The first kappa shape index (κ1) is 7.61. The summed E-state index contributed by atoms with van der Waals surface area (Å²) >= 11 is 0.664. The molecule has 0 fully saturated rings. The van der Waals surface area contributed by atoms with Crippen molar-refractivity contribution in [1.29, 1.82) is 0 Å². The van der Waals surface area contributed by atoms with Crippen LogP contribution in [-0.4, -0.2) is 15.8 Å². The van der Waals surface area contributed by atoms with E-state index >= 15 is 0 Å². The smallest absolute Gasteiger partial charge is 0.365 e. The summed E-state index contributed by atoms with van der Waals surface area (Å²) in [6, 6.07) is 0. The maximum atomic E-state index is 10.4. The van der Waals surface area contributed by atoms with Crippen molar-refractivity contribution in [2.24, 2.45) is 5.73 Å². The van der Waals surface area contributed by atoms with Gasteiger partial charge in [-0.3, -0.25) is 4.79 Å². The average Bonchev–Trinajstić information content (AvgIpc) is 2.33. The molecule has 0 unspecified atom stereocenters. The van der Waals surface area contributed by atoms with Gasteiger partial charge in [0.05, 0.1) is 0 Å². The fourth-order valence-electron chi connectivity index (χ4n) is 0.463. The van der Waals surface area contributed by atoms with Gasteiger partial charge in [0.2, 0.25) is 0 Å². The van der Waals surface area contributed by atoms with Crippen LogP contribution >= 0.6 is 11.3 Å². The first-order chi connectivity index (χ1) is 5.11. The summed E-state index contributed by atoms with van der Waals surface area (Å²) in [5.74, 6) is -0.699. The maximum absolute atomic E-state index is 10.4. The number of hydrogen-bond acceptors (Lipinski definition) is 5. The number of amides is 1. The van der Waals surface area contributed by atoms with E-state index in [0.29, 0.717) is 11.3 Å². The fourth-order valence-corrected chi connectivity index (χ4v) is 1.05. The van der Waals surface area contributed by atoms with Crippen molar-refractivity contribution in [3.63, 3.8) is 0 Å². The highest BCUT2D eigenvalue weighted by molar-refractivity contribution is 7.16. The largest absolute Gasteiger partial charge is 0.423 e. The minimum absolute atomic E-state index is 0.0942. The van der Waals surface area contributed by atoms with Crippen LogP contribution < -0.4 is 5.73 Å². The van der Waals surface area contributed by atoms with Crippen molar-refractivity contribution in [3.05, 3.63) is 21.2 Å². The molecule has 0 aromatic carbocycles. The van der Waals surface area contributed by atoms with Crippen LogP contribution in [0.5, 0.6) is 0 Å². The Morgan fingerprint density at radius 3 is 2.73 bits per heavy atom. The Kier molecular flexibility index (Phi) is 1.81. The van der Waals surface area contributed by atoms with Gasteiger partial charge in [0, 0.05) is 0 Å². The predicted molar refractivity (Wildman–Crippen MR) is 37.3 cm³/mol. The molecule has 0 saturated heterocycles. The molecule has 0 spiro atoms. The van der Waals surface area contributed by atoms with Crippen LogP contribution in [0, 0.1) is 10.1 Å². The Balaban J connectivity index is 2.99. The minimum atomic E-state index is -0.699. The van der Waals surface area contributed by atoms with Gasteiger partial charge in [-0.1, -0.05) is 0 Å². The number of nitrogens with two attached hydrogens (primary N) is 1. The Labute approximate surface area is 64.8 Å². The second-order valence-corrected chi connectivity index (χ2v) is 2.64. The first-order valence-electron chi connectivity index (χ1n) is 2.51. The van der Waals surface area contributed by atoms with Gasteiger partial charge in [-0.25, -0.2) is 0 Å². The van der Waals surface area contributed by atoms with Gasteiger partial charge < -0.3 is 15.8 Å². The molecule has 0 bridgehead atoms. The Hall–Kier alpha value is -1.50. The molecule has 1 amide bonds. The van der Waals surface area contributed by atoms with Crippen LogP contribution in [0.1, 0.15) is 9.67 Å². The Bertz CT molecular complexity index is 279. The van der Waals surface area contributed by atoms with Crippen LogP contribution in [0.2, 0.25) is 0 Å². The van der Waals surface area contributed by atoms with Crippen molar-refractivity contribution in [2.45, 2.75) is 0 Å². The number of aromatic nitrogens is 1. The summed E-state index contributed by atoms with van der Waals surface area (Å²) in [4.78, 5) is 23.2. The molecule has 58 valence electrons. The molecule has 1 rings (SSSR count). The SMILES string of the molecule is NC(=O)c1cnc([N+](=O)[O-])s1. The van der Waals surface area contributed by atoms with Crippen LogP contribution in [0.15, 0.2) is 6.20 Å². The summed E-state index contributed by atoms with van der Waals surface area (Å²) in [5.41, 5.74) is 4.84. The maximum Gasteiger partial charge on any atom is 0.423 e. The van der Waals surface area contributed by atoms with Crippen molar-refractivity contribution in [1.82, 2.24) is 4.98 Å². The number of primary amides is 1. The van der Waals surface area contributed by atoms with Gasteiger partial charge in [-0.15, -0.1) is 0 Å². The quantitative estimate of drug-likeness (QED) is 0.508. The molecule has 11 heavy (non-hydrogen) atoms. The van der Waals surface area contributed by atoms with E-state index < -0.39 is 10.8 Å². The first-order valence-corrected chi connectivity index (χ1v) is 3.33. The minimum Gasteiger partial charge on any atom is -0.365 e. The van der Waals surface area contributed by atoms with Crippen LogP contribution in [0.4, 0.5) is 5.13 Å². The molecule has 0 saturated carbocycles. The van der Waals surface area contributed by atoms with E-state index in [1.165, 1.54) is 0 Å². The lowest BCUT2D eigenvalue weighted by molar-refractivity contribution is -0.384. The molecular weight excluding hydrogens is 170 g/mol. The van der Waals surface area contributed by atoms with E-state index in [9.17, 15) is 14.9 Å². The van der Waals surface area contributed by atoms with Gasteiger partial charge in [0.15, 0.2) is 6.20 Å². The Morgan fingerprint density at radius 1 is 1.82 bits per heavy atom. The second kappa shape index (κ2) is 2.62. The van der Waals surface area contributed by atoms with E-state index in [4.69, 9.17) is 5.73 Å². The average molecular weight is 173 g/mol. The van der Waals surface area contributed by atoms with Crippen molar-refractivity contribution < 1.29 is 9.72 Å². The third-order valence-corrected chi connectivity index (χ3v) is 1.86. The normalized spacial score (nSPS) is 9.45. The topological polar surface area (TPSA) is 99.1 Å². The molecule has 1 heterocycles. The highest BCUT2D eigenvalue weighted by atomic mass is 32.1. The summed E-state index contributed by atoms with van der Waals surface area (Å²) in [5, 5.41) is 9.72. The van der Waals surface area contributed by atoms with E-state index in [1.54, 1.807) is 0 Å². The zero-order chi connectivity index (χ0) is 8.43. The van der Waals surface area contributed by atoms with Gasteiger partial charge in [0.25, 0.3) is 5.91 Å². The molecule has 0 aliphatic carbocycles. The zero-order valence-electron chi connectivity index (χ0n) is 5.18. The third kappa shape index (κ3) is 1.49. The molecule has 0 aliphatic rings. The number of hydrogen-bond donors (Lipinski definition) is 1. The molecule has 7 heteroatoms. The summed E-state index contributed by atoms with van der Waals surface area (Å²) in [6.07, 6.45) is 1.09. The van der Waals surface area contributed by atoms with Crippen molar-refractivity contribution in [3.8, 4) is 0 Å². The van der Waals surface area contributed by atoms with E-state index in [-0.39, 0.29) is 10.0 Å². The molecule has 2 N–H and O–H groups in total. The number of thiazole rings is 1. The monoisotopic (exact) mass is 173 g/mol. The second-order valence-electron chi connectivity index (χ2n) is 1.63. The number of carbonyl (C=O) groups excluding carboxylic acids is 1. The highest BCUT2D eigenvalue weighted by Gasteiger charge is 2.15. The van der Waals surface area contributed by atoms with E-state index in [0.717, 1.165) is 6.20 Å². The molecule has 6 nitrogen and oxygen atoms in total. The summed E-state index contributed by atoms with van der Waals surface area (Å²) in [7, 11) is 0. The summed E-state index contributed by atoms with van der Waals surface area (Å²) in [6.45, 7) is 0. The number of nitro groups is 1. The van der Waals surface area contributed by atoms with Gasteiger partial charge in [-0.2, -0.15) is 0 Å². The van der Waals surface area contributed by atoms with Crippen molar-refractivity contribution >= 4 is 22.4 Å². The Morgan fingerprint density at radius 2 is 2.45 bits per heavy atom. The number of rotatable bonds is 2. The molecule has 0 radical (unpaired) electrons. The zero-order valence-corrected chi connectivity index (χ0v) is 6.00. The predicted octanol–water partition coefficient (Wildman–Crippen LogP) is 0.150. The number of carbonyl (C=O) groups is 1. The van der Waals surface area contributed by atoms with Crippen LogP contribution in [0.25, 0.3) is 0 Å². The molecule has 0 atom stereocenters. The fraction of sp³-hybridized carbons (Fsp3) is 0. The van der Waals surface area contributed by atoms with Crippen LogP contribution in [-0.2, 0) is 0 Å². The lowest BCUT2D eigenvalue weighted by Gasteiger charge is -1.82. The molecule has 1 aromatic heterocycles. The van der Waals surface area contributed by atoms with Gasteiger partial charge in [-0.05, 0) is 21.2 Å². The van der Waals surface area contributed by atoms with Gasteiger partial charge >= 0.3 is 5.13 Å². The summed E-state index contributed by atoms with van der Waals surface area (Å²) < 4.78 is 0. The molecular formula is C4H3N3O3S.